The molecule has 80 heavy (non-hydrogen) atoms. The standard InChI is InChI=1S/C62H64N4O14/c1-71-28-31-74-34-37-77-44-12-4-40(5-13-44)56-48-20-22-50(63-48)57(41-6-14-45(15-7-41)78-38-35-75-32-29-72-2)52-24-26-54(65-52)59(43-10-18-47(19-11-43)80-60(61(67)68)62(69)70)55-27-25-53(66-55)58(51-23-21-49(56)64-51)42-8-16-46(17-9-42)79-39-36-76-33-30-73-3/h4-27,60,63-66H,28-39H2,1-3H3,(H,67,68)(H,69,70). The summed E-state index contributed by atoms with van der Waals surface area (Å²) >= 11 is 0. The molecular formula is C62H64N4O14. The molecule has 0 atom stereocenters. The summed E-state index contributed by atoms with van der Waals surface area (Å²) in [6.07, 6.45) is -2.09. The molecule has 4 aromatic carbocycles. The number of fused-ring (bicyclic) bond motifs is 8. The highest BCUT2D eigenvalue weighted by Gasteiger charge is 2.28. The van der Waals surface area contributed by atoms with E-state index in [1.54, 1.807) is 45.6 Å². The quantitative estimate of drug-likeness (QED) is 0.0257. The highest BCUT2D eigenvalue weighted by molar-refractivity contribution is 5.96. The molecule has 5 heterocycles. The van der Waals surface area contributed by atoms with Crippen LogP contribution >= 0.6 is 0 Å². The van der Waals surface area contributed by atoms with E-state index in [1.165, 1.54) is 0 Å². The van der Waals surface area contributed by atoms with Crippen LogP contribution in [-0.4, -0.2) is 149 Å². The Balaban J connectivity index is 1.21. The van der Waals surface area contributed by atoms with E-state index in [1.807, 2.05) is 84.9 Å². The molecule has 0 fully saturated rings. The second-order valence-corrected chi connectivity index (χ2v) is 18.3. The van der Waals surface area contributed by atoms with Gasteiger partial charge in [-0.1, -0.05) is 48.5 Å². The van der Waals surface area contributed by atoms with Crippen LogP contribution in [0.4, 0.5) is 0 Å². The number of aliphatic carboxylic acids is 2. The zero-order valence-electron chi connectivity index (χ0n) is 44.7. The zero-order valence-corrected chi connectivity index (χ0v) is 44.7. The van der Waals surface area contributed by atoms with Crippen LogP contribution in [0.15, 0.2) is 146 Å². The van der Waals surface area contributed by atoms with Crippen molar-refractivity contribution in [1.29, 1.82) is 0 Å². The lowest BCUT2D eigenvalue weighted by molar-refractivity contribution is -0.159. The van der Waals surface area contributed by atoms with Crippen LogP contribution in [0.1, 0.15) is 45.0 Å². The topological polar surface area (TPSA) is 230 Å². The molecule has 9 rings (SSSR count). The molecule has 8 bridgehead atoms. The maximum absolute atomic E-state index is 11.8. The molecule has 18 nitrogen and oxygen atoms in total. The molecule has 6 N–H and O–H groups in total. The largest absolute Gasteiger partial charge is 0.491 e. The van der Waals surface area contributed by atoms with Crippen LogP contribution in [0.3, 0.4) is 0 Å². The van der Waals surface area contributed by atoms with Gasteiger partial charge < -0.3 is 77.5 Å². The molecule has 8 aromatic rings. The number of hydrogen-bond donors (Lipinski definition) is 6. The minimum atomic E-state index is -2.09. The van der Waals surface area contributed by atoms with Crippen molar-refractivity contribution in [2.75, 3.05) is 101 Å². The van der Waals surface area contributed by atoms with Gasteiger partial charge in [-0.25, -0.2) is 9.59 Å². The number of ether oxygens (including phenoxy) is 10. The van der Waals surface area contributed by atoms with Crippen molar-refractivity contribution in [2.24, 2.45) is 0 Å². The number of rotatable bonds is 29. The number of carboxylic acids is 2. The third-order valence-corrected chi connectivity index (χ3v) is 13.0. The van der Waals surface area contributed by atoms with Crippen LogP contribution in [-0.2, 0) is 38.0 Å². The molecular weight excluding hydrogens is 1020 g/mol. The second-order valence-electron chi connectivity index (χ2n) is 18.3. The van der Waals surface area contributed by atoms with Crippen molar-refractivity contribution >= 4 is 34.2 Å². The van der Waals surface area contributed by atoms with Gasteiger partial charge in [0.15, 0.2) is 0 Å². The summed E-state index contributed by atoms with van der Waals surface area (Å²) in [5.41, 5.74) is 10.1. The number of hydrogen-bond acceptors (Lipinski definition) is 12. The first-order valence-corrected chi connectivity index (χ1v) is 26.1. The Morgan fingerprint density at radius 1 is 0.338 bits per heavy atom. The van der Waals surface area contributed by atoms with E-state index in [2.05, 4.69) is 56.3 Å². The van der Waals surface area contributed by atoms with Gasteiger partial charge in [0.05, 0.1) is 59.5 Å². The van der Waals surface area contributed by atoms with E-state index >= 15 is 0 Å². The SMILES string of the molecule is COCCOCCOc1ccc(C2=c3ccc([nH]3)=C(c3ccc(OCCOCCOC)cc3)c3ccc([nH]3)C(c3ccc(OC(C(=O)O)C(=O)O)cc3)=c3ccc([nH]3)=C(c3ccc(OCCOCCOC)cc3)c3ccc2[nH]3)cc1. The molecule has 0 saturated carbocycles. The van der Waals surface area contributed by atoms with Crippen LogP contribution < -0.4 is 40.3 Å². The number of carboxylic acid groups (broad SMARTS) is 2. The van der Waals surface area contributed by atoms with E-state index in [0.29, 0.717) is 96.5 Å². The van der Waals surface area contributed by atoms with Crippen LogP contribution in [0.25, 0.3) is 22.3 Å². The van der Waals surface area contributed by atoms with Crippen molar-refractivity contribution in [3.05, 3.63) is 212 Å². The Hall–Kier alpha value is -8.62. The summed E-state index contributed by atoms with van der Waals surface area (Å²) in [5, 5.41) is 22.4. The molecule has 0 amide bonds. The van der Waals surface area contributed by atoms with Gasteiger partial charge in [-0.3, -0.25) is 0 Å². The predicted molar refractivity (Wildman–Crippen MR) is 298 cm³/mol. The van der Waals surface area contributed by atoms with Gasteiger partial charge >= 0.3 is 11.9 Å². The molecule has 4 aromatic heterocycles. The van der Waals surface area contributed by atoms with Crippen molar-refractivity contribution < 1.29 is 67.2 Å². The normalized spacial score (nSPS) is 12.3. The molecule has 0 aliphatic carbocycles. The number of carbonyl (C=O) groups is 2. The fraction of sp³-hybridized carbons (Fsp3) is 0.258. The first-order valence-electron chi connectivity index (χ1n) is 26.1. The lowest BCUT2D eigenvalue weighted by Gasteiger charge is -2.13. The number of nitrogens with one attached hydrogen (secondary N) is 4. The summed E-state index contributed by atoms with van der Waals surface area (Å²) in [7, 11) is 4.91. The number of aromatic amines is 4. The van der Waals surface area contributed by atoms with Crippen molar-refractivity contribution in [3.63, 3.8) is 0 Å². The van der Waals surface area contributed by atoms with Crippen LogP contribution in [0.2, 0.25) is 0 Å². The van der Waals surface area contributed by atoms with E-state index in [9.17, 15) is 19.8 Å². The summed E-state index contributed by atoms with van der Waals surface area (Å²) in [6.45, 7) is 5.33. The summed E-state index contributed by atoms with van der Waals surface area (Å²) in [5.74, 6) is -1.08. The van der Waals surface area contributed by atoms with Crippen molar-refractivity contribution in [1.82, 2.24) is 19.9 Å². The van der Waals surface area contributed by atoms with Gasteiger partial charge in [-0.2, -0.15) is 0 Å². The van der Waals surface area contributed by atoms with Gasteiger partial charge in [-0.15, -0.1) is 0 Å². The Labute approximate surface area is 461 Å². The third-order valence-electron chi connectivity index (χ3n) is 13.0. The Kier molecular flexibility index (Phi) is 19.5. The molecule has 1 aliphatic rings. The fourth-order valence-electron chi connectivity index (χ4n) is 9.16. The van der Waals surface area contributed by atoms with Crippen LogP contribution in [0, 0.1) is 0 Å². The van der Waals surface area contributed by atoms with Gasteiger partial charge in [0.2, 0.25) is 0 Å². The van der Waals surface area contributed by atoms with E-state index in [4.69, 9.17) is 47.4 Å². The van der Waals surface area contributed by atoms with Crippen molar-refractivity contribution in [3.8, 4) is 23.0 Å². The predicted octanol–water partition coefficient (Wildman–Crippen LogP) is 5.34. The minimum Gasteiger partial charge on any atom is -0.491 e. The van der Waals surface area contributed by atoms with Gasteiger partial charge in [0.1, 0.15) is 42.8 Å². The number of H-pyrrole nitrogens is 4. The maximum Gasteiger partial charge on any atom is 0.356 e. The number of aromatic nitrogens is 4. The Morgan fingerprint density at radius 2 is 0.600 bits per heavy atom. The summed E-state index contributed by atoms with van der Waals surface area (Å²) in [4.78, 5) is 38.7. The van der Waals surface area contributed by atoms with Crippen LogP contribution in [0.5, 0.6) is 23.0 Å². The van der Waals surface area contributed by atoms with Gasteiger partial charge in [-0.05, 0) is 119 Å². The lowest BCUT2D eigenvalue weighted by atomic mass is 10.0. The zero-order chi connectivity index (χ0) is 55.6. The summed E-state index contributed by atoms with van der Waals surface area (Å²) in [6, 6.07) is 46.9. The smallest absolute Gasteiger partial charge is 0.356 e. The molecule has 1 aliphatic heterocycles. The fourth-order valence-corrected chi connectivity index (χ4v) is 9.16. The average molecular weight is 1090 g/mol. The molecule has 0 saturated heterocycles. The number of methoxy groups -OCH3 is 3. The second kappa shape index (κ2) is 27.8. The molecule has 18 heteroatoms. The highest BCUT2D eigenvalue weighted by atomic mass is 16.6. The molecule has 0 radical (unpaired) electrons. The van der Waals surface area contributed by atoms with E-state index < -0.39 is 18.0 Å². The molecule has 416 valence electrons. The average Bonchev–Trinajstić information content (AvgIpc) is 4.37. The minimum absolute atomic E-state index is 0.0742. The Morgan fingerprint density at radius 3 is 0.863 bits per heavy atom. The lowest BCUT2D eigenvalue weighted by Crippen LogP contribution is -2.35. The van der Waals surface area contributed by atoms with Gasteiger partial charge in [0.25, 0.3) is 6.10 Å². The highest BCUT2D eigenvalue weighted by Crippen LogP contribution is 2.30. The molecule has 0 unspecified atom stereocenters. The molecule has 0 spiro atoms. The maximum atomic E-state index is 11.8. The first kappa shape index (κ1) is 56.1. The monoisotopic (exact) mass is 1090 g/mol. The Bertz CT molecular complexity index is 3550. The summed E-state index contributed by atoms with van der Waals surface area (Å²) < 4.78 is 55.8. The first-order chi connectivity index (χ1) is 39.2. The number of benzene rings is 4. The van der Waals surface area contributed by atoms with Gasteiger partial charge in [0, 0.05) is 87.8 Å². The van der Waals surface area contributed by atoms with E-state index in [0.717, 1.165) is 88.7 Å². The van der Waals surface area contributed by atoms with Crippen molar-refractivity contribution in [2.45, 2.75) is 6.10 Å². The third kappa shape index (κ3) is 14.2. The van der Waals surface area contributed by atoms with E-state index in [-0.39, 0.29) is 5.75 Å².